The van der Waals surface area contributed by atoms with Gasteiger partial charge < -0.3 is 24.7 Å². The molecule has 1 unspecified atom stereocenters. The molecule has 0 radical (unpaired) electrons. The van der Waals surface area contributed by atoms with Gasteiger partial charge in [-0.05, 0) is 37.8 Å². The van der Waals surface area contributed by atoms with Gasteiger partial charge in [0, 0.05) is 56.1 Å². The summed E-state index contributed by atoms with van der Waals surface area (Å²) >= 11 is 6.63. The van der Waals surface area contributed by atoms with Crippen LogP contribution < -0.4 is 19.7 Å². The number of rotatable bonds is 8. The molecule has 2 saturated heterocycles. The number of nitrogens with one attached hydrogen (secondary N) is 3. The van der Waals surface area contributed by atoms with E-state index in [9.17, 15) is 8.42 Å². The van der Waals surface area contributed by atoms with Gasteiger partial charge in [0.25, 0.3) is 0 Å². The number of anilines is 2. The minimum Gasteiger partial charge on any atom is -0.496 e. The number of aromatic amines is 1. The van der Waals surface area contributed by atoms with Gasteiger partial charge in [-0.2, -0.15) is 0 Å². The summed E-state index contributed by atoms with van der Waals surface area (Å²) in [4.78, 5) is 17.7. The largest absolute Gasteiger partial charge is 0.496 e. The van der Waals surface area contributed by atoms with Gasteiger partial charge in [0.2, 0.25) is 10.0 Å². The third-order valence-corrected chi connectivity index (χ3v) is 9.78. The Kier molecular flexibility index (Phi) is 8.78. The molecule has 3 aliphatic rings. The molecule has 11 nitrogen and oxygen atoms in total. The molecular weight excluding hydrogens is 578 g/mol. The van der Waals surface area contributed by atoms with Crippen LogP contribution in [0.25, 0.3) is 22.6 Å². The van der Waals surface area contributed by atoms with Gasteiger partial charge in [0.05, 0.1) is 49.0 Å². The van der Waals surface area contributed by atoms with Crippen LogP contribution in [0.4, 0.5) is 11.4 Å². The topological polar surface area (TPSA) is 125 Å². The number of aromatic nitrogens is 3. The summed E-state index contributed by atoms with van der Waals surface area (Å²) in [5.74, 6) is 1.36. The van der Waals surface area contributed by atoms with E-state index in [1.165, 1.54) is 6.26 Å². The first-order valence-electron chi connectivity index (χ1n) is 14.8. The first-order valence-corrected chi connectivity index (χ1v) is 17.1. The molecular formula is C29H40ClN7O4S. The van der Waals surface area contributed by atoms with Crippen LogP contribution in [-0.4, -0.2) is 99.2 Å². The lowest BCUT2D eigenvalue weighted by Gasteiger charge is -2.40. The maximum absolute atomic E-state index is 12.0. The van der Waals surface area contributed by atoms with Crippen molar-refractivity contribution in [3.8, 4) is 17.1 Å². The average Bonchev–Trinajstić information content (AvgIpc) is 3.43. The zero-order valence-electron chi connectivity index (χ0n) is 24.2. The number of piperidine rings is 1. The molecule has 2 atom stereocenters. The highest BCUT2D eigenvalue weighted by Gasteiger charge is 2.30. The fourth-order valence-electron chi connectivity index (χ4n) is 6.61. The average molecular weight is 618 g/mol. The normalized spacial score (nSPS) is 22.9. The Balaban J connectivity index is 1.22. The molecule has 1 aromatic carbocycles. The van der Waals surface area contributed by atoms with Crippen molar-refractivity contribution in [1.82, 2.24) is 24.6 Å². The van der Waals surface area contributed by atoms with Gasteiger partial charge in [0.15, 0.2) is 5.65 Å². The van der Waals surface area contributed by atoms with E-state index in [-0.39, 0.29) is 12.1 Å². The first-order chi connectivity index (χ1) is 20.3. The molecule has 0 spiro atoms. The predicted molar refractivity (Wildman–Crippen MR) is 166 cm³/mol. The number of benzene rings is 1. The Labute approximate surface area is 252 Å². The number of methoxy groups -OCH3 is 1. The molecule has 42 heavy (non-hydrogen) atoms. The molecule has 6 rings (SSSR count). The highest BCUT2D eigenvalue weighted by Crippen LogP contribution is 2.37. The quantitative estimate of drug-likeness (QED) is 0.346. The predicted octanol–water partition coefficient (Wildman–Crippen LogP) is 3.86. The van der Waals surface area contributed by atoms with Gasteiger partial charge in [0.1, 0.15) is 17.1 Å². The molecule has 0 amide bonds. The minimum atomic E-state index is -3.34. The molecule has 228 valence electrons. The van der Waals surface area contributed by atoms with Gasteiger partial charge >= 0.3 is 0 Å². The number of nitrogens with zero attached hydrogens (tertiary/aromatic N) is 4. The zero-order chi connectivity index (χ0) is 29.3. The number of imidazole rings is 1. The molecule has 2 aliphatic heterocycles. The molecule has 1 saturated carbocycles. The summed E-state index contributed by atoms with van der Waals surface area (Å²) in [6.07, 6.45) is 8.62. The lowest BCUT2D eigenvalue weighted by Crippen LogP contribution is -2.49. The van der Waals surface area contributed by atoms with Crippen molar-refractivity contribution in [2.24, 2.45) is 0 Å². The van der Waals surface area contributed by atoms with E-state index in [2.05, 4.69) is 41.9 Å². The number of fused-ring (bicyclic) bond motifs is 1. The Bertz CT molecular complexity index is 1500. The third-order valence-electron chi connectivity index (χ3n) is 8.77. The number of pyridine rings is 1. The molecule has 13 heteroatoms. The van der Waals surface area contributed by atoms with Crippen molar-refractivity contribution in [1.29, 1.82) is 0 Å². The second kappa shape index (κ2) is 12.5. The Morgan fingerprint density at radius 1 is 1.07 bits per heavy atom. The molecule has 0 bridgehead atoms. The van der Waals surface area contributed by atoms with Gasteiger partial charge in [-0.3, -0.25) is 4.90 Å². The van der Waals surface area contributed by atoms with Crippen LogP contribution >= 0.6 is 11.6 Å². The number of H-pyrrole nitrogens is 1. The Hall–Kier alpha value is -2.64. The monoisotopic (exact) mass is 617 g/mol. The van der Waals surface area contributed by atoms with Crippen LogP contribution in [0, 0.1) is 0 Å². The summed E-state index contributed by atoms with van der Waals surface area (Å²) in [5.41, 5.74) is 3.84. The third kappa shape index (κ3) is 6.47. The SMILES string of the molecule is COc1cc(N2CCC(N3CCOCC3)CC2)ccc1-c1nc2ncc(Cl)c(N[C@@H]3CCCCC3NS(C)(=O)=O)c2[nH]1. The van der Waals surface area contributed by atoms with Crippen LogP contribution in [0.1, 0.15) is 38.5 Å². The number of morpholine rings is 1. The standard InChI is InChI=1S/C29H40ClN7O4S/c1-40-25-17-20(36-11-9-19(10-12-36)37-13-15-41-16-14-37)7-8-21(25)28-33-27-26(22(30)18-31-29(27)34-28)32-23-5-3-4-6-24(23)35-42(2,38)39/h7-8,17-19,23-24,35H,3-6,9-16H2,1-2H3,(H2,31,32,33,34)/t23-,24?/m1/s1. The molecule has 3 N–H and O–H groups in total. The summed E-state index contributed by atoms with van der Waals surface area (Å²) in [5, 5.41) is 3.97. The Morgan fingerprint density at radius 3 is 2.52 bits per heavy atom. The number of hydrogen-bond acceptors (Lipinski definition) is 9. The lowest BCUT2D eigenvalue weighted by atomic mass is 9.91. The number of ether oxygens (including phenoxy) is 2. The molecule has 1 aliphatic carbocycles. The fraction of sp³-hybridized carbons (Fsp3) is 0.586. The molecule has 3 fully saturated rings. The van der Waals surface area contributed by atoms with Crippen molar-refractivity contribution in [3.63, 3.8) is 0 Å². The summed E-state index contributed by atoms with van der Waals surface area (Å²) in [6.45, 7) is 5.73. The van der Waals surface area contributed by atoms with Crippen LogP contribution in [-0.2, 0) is 14.8 Å². The van der Waals surface area contributed by atoms with Crippen molar-refractivity contribution in [3.05, 3.63) is 29.4 Å². The lowest BCUT2D eigenvalue weighted by molar-refractivity contribution is 0.0115. The summed E-state index contributed by atoms with van der Waals surface area (Å²) < 4.78 is 38.1. The van der Waals surface area contributed by atoms with E-state index in [1.807, 2.05) is 6.07 Å². The van der Waals surface area contributed by atoms with E-state index in [0.717, 1.165) is 94.9 Å². The van der Waals surface area contributed by atoms with Crippen LogP contribution in [0.15, 0.2) is 24.4 Å². The van der Waals surface area contributed by atoms with E-state index in [1.54, 1.807) is 13.3 Å². The van der Waals surface area contributed by atoms with Gasteiger partial charge in [-0.1, -0.05) is 24.4 Å². The molecule has 3 aromatic rings. The van der Waals surface area contributed by atoms with Crippen LogP contribution in [0.5, 0.6) is 5.75 Å². The van der Waals surface area contributed by atoms with E-state index < -0.39 is 10.0 Å². The second-order valence-electron chi connectivity index (χ2n) is 11.5. The second-order valence-corrected chi connectivity index (χ2v) is 13.7. The van der Waals surface area contributed by atoms with Crippen molar-refractivity contribution >= 4 is 44.2 Å². The number of sulfonamides is 1. The smallest absolute Gasteiger partial charge is 0.209 e. The Morgan fingerprint density at radius 2 is 1.81 bits per heavy atom. The fourth-order valence-corrected chi connectivity index (χ4v) is 7.64. The highest BCUT2D eigenvalue weighted by molar-refractivity contribution is 7.88. The van der Waals surface area contributed by atoms with Crippen molar-refractivity contribution < 1.29 is 17.9 Å². The van der Waals surface area contributed by atoms with E-state index in [0.29, 0.717) is 33.7 Å². The maximum atomic E-state index is 12.0. The van der Waals surface area contributed by atoms with Crippen molar-refractivity contribution in [2.75, 3.05) is 63.0 Å². The van der Waals surface area contributed by atoms with Crippen LogP contribution in [0.2, 0.25) is 5.02 Å². The highest BCUT2D eigenvalue weighted by atomic mass is 35.5. The summed E-state index contributed by atoms with van der Waals surface area (Å²) in [7, 11) is -1.66. The number of hydrogen-bond donors (Lipinski definition) is 3. The number of halogens is 1. The zero-order valence-corrected chi connectivity index (χ0v) is 25.8. The van der Waals surface area contributed by atoms with Crippen molar-refractivity contribution in [2.45, 2.75) is 56.7 Å². The first kappa shape index (κ1) is 29.4. The van der Waals surface area contributed by atoms with E-state index >= 15 is 0 Å². The van der Waals surface area contributed by atoms with E-state index in [4.69, 9.17) is 26.1 Å². The molecule has 2 aromatic heterocycles. The molecule has 4 heterocycles. The minimum absolute atomic E-state index is 0.107. The van der Waals surface area contributed by atoms with Gasteiger partial charge in [-0.15, -0.1) is 0 Å². The van der Waals surface area contributed by atoms with Gasteiger partial charge in [-0.25, -0.2) is 23.1 Å². The maximum Gasteiger partial charge on any atom is 0.209 e. The van der Waals surface area contributed by atoms with Crippen LogP contribution in [0.3, 0.4) is 0 Å². The summed E-state index contributed by atoms with van der Waals surface area (Å²) in [6, 6.07) is 6.55.